The quantitative estimate of drug-likeness (QED) is 0.300. The van der Waals surface area contributed by atoms with Crippen molar-refractivity contribution in [3.05, 3.63) is 52.1 Å². The lowest BCUT2D eigenvalue weighted by Gasteiger charge is -2.47. The van der Waals surface area contributed by atoms with Gasteiger partial charge in [-0.05, 0) is 45.0 Å². The number of carbonyl (C=O) groups is 2. The first kappa shape index (κ1) is 26.0. The maximum absolute atomic E-state index is 12.6. The van der Waals surface area contributed by atoms with Crippen molar-refractivity contribution in [3.8, 4) is 11.5 Å². The molecule has 1 aliphatic heterocycles. The van der Waals surface area contributed by atoms with Gasteiger partial charge in [0.2, 0.25) is 6.29 Å². The second-order valence-electron chi connectivity index (χ2n) is 8.97. The molecule has 2 aromatic heterocycles. The van der Waals surface area contributed by atoms with Crippen LogP contribution < -0.4 is 21.4 Å². The average Bonchev–Trinajstić information content (AvgIpc) is 3.36. The highest BCUT2D eigenvalue weighted by molar-refractivity contribution is 6.05. The van der Waals surface area contributed by atoms with Gasteiger partial charge in [0.05, 0.1) is 11.0 Å². The van der Waals surface area contributed by atoms with Crippen LogP contribution in [0.1, 0.15) is 29.9 Å². The number of aliphatic hydroxyl groups is 1. The summed E-state index contributed by atoms with van der Waals surface area (Å²) in [6.07, 6.45) is -4.46. The Morgan fingerprint density at radius 1 is 1.24 bits per heavy atom. The van der Waals surface area contributed by atoms with Gasteiger partial charge in [-0.25, -0.2) is 9.59 Å². The van der Waals surface area contributed by atoms with Crippen LogP contribution in [0.3, 0.4) is 0 Å². The Morgan fingerprint density at radius 2 is 1.97 bits per heavy atom. The van der Waals surface area contributed by atoms with Crippen LogP contribution in [0.2, 0.25) is 0 Å². The zero-order valence-corrected chi connectivity index (χ0v) is 20.4. The lowest BCUT2D eigenvalue weighted by atomic mass is 9.89. The van der Waals surface area contributed by atoms with Crippen LogP contribution in [0.25, 0.3) is 11.0 Å². The van der Waals surface area contributed by atoms with Gasteiger partial charge < -0.3 is 49.6 Å². The van der Waals surface area contributed by atoms with Gasteiger partial charge >= 0.3 is 11.7 Å². The van der Waals surface area contributed by atoms with Crippen LogP contribution >= 0.6 is 0 Å². The second-order valence-corrected chi connectivity index (χ2v) is 8.97. The van der Waals surface area contributed by atoms with Crippen molar-refractivity contribution in [3.63, 3.8) is 0 Å². The van der Waals surface area contributed by atoms with E-state index in [1.165, 1.54) is 31.5 Å². The molecule has 3 heterocycles. The summed E-state index contributed by atoms with van der Waals surface area (Å²) in [6, 6.07) is 5.98. The van der Waals surface area contributed by atoms with Crippen molar-refractivity contribution >= 4 is 28.7 Å². The number of fused-ring (bicyclic) bond motifs is 1. The SMILES string of the molecule is CO[C@@H]1[C@@H](OC(N)=O)[C@@H](O)[C@H](Oc2ccc3c(O)c(NC(=O)c4ccc[nH]4)c(=O)oc3c2C)OC1(C)C. The molecule has 1 aliphatic rings. The largest absolute Gasteiger partial charge is 0.505 e. The van der Waals surface area contributed by atoms with Crippen molar-refractivity contribution in [1.82, 2.24) is 4.98 Å². The number of nitrogens with one attached hydrogen (secondary N) is 2. The standard InChI is InChI=1S/C24H27N3O10/c1-10-13(34-22-16(29)18(36-23(25)32)19(33-4)24(2,3)37-22)8-7-11-15(28)14(21(31)35-17(10)11)27-20(30)12-6-5-9-26-12/h5-9,16,18-19,22,26,28-29H,1-4H3,(H2,25,32)(H,27,30)/t16-,18+,19-,22-/m1/s1. The van der Waals surface area contributed by atoms with Crippen molar-refractivity contribution in [2.45, 2.75) is 51.0 Å². The third-order valence-corrected chi connectivity index (χ3v) is 6.10. The van der Waals surface area contributed by atoms with Crippen molar-refractivity contribution < 1.29 is 43.2 Å². The third-order valence-electron chi connectivity index (χ3n) is 6.10. The average molecular weight is 517 g/mol. The fourth-order valence-electron chi connectivity index (χ4n) is 4.33. The monoisotopic (exact) mass is 517 g/mol. The van der Waals surface area contributed by atoms with Gasteiger partial charge in [-0.1, -0.05) is 0 Å². The number of aromatic nitrogens is 1. The molecule has 1 saturated heterocycles. The van der Waals surface area contributed by atoms with Crippen LogP contribution in [0.5, 0.6) is 11.5 Å². The van der Waals surface area contributed by atoms with E-state index in [0.717, 1.165) is 0 Å². The van der Waals surface area contributed by atoms with Gasteiger partial charge in [0.1, 0.15) is 23.1 Å². The molecule has 2 amide bonds. The minimum Gasteiger partial charge on any atom is -0.505 e. The highest BCUT2D eigenvalue weighted by atomic mass is 16.7. The number of hydrogen-bond donors (Lipinski definition) is 5. The van der Waals surface area contributed by atoms with E-state index < -0.39 is 59.3 Å². The molecule has 0 unspecified atom stereocenters. The minimum absolute atomic E-state index is 0.0119. The smallest absolute Gasteiger partial charge is 0.404 e. The number of carbonyl (C=O) groups excluding carboxylic acids is 2. The number of anilines is 1. The molecule has 4 rings (SSSR count). The number of primary amides is 1. The summed E-state index contributed by atoms with van der Waals surface area (Å²) < 4.78 is 27.7. The Balaban J connectivity index is 1.66. The number of amides is 2. The number of ether oxygens (including phenoxy) is 4. The summed E-state index contributed by atoms with van der Waals surface area (Å²) >= 11 is 0. The highest BCUT2D eigenvalue weighted by Crippen LogP contribution is 2.38. The zero-order chi connectivity index (χ0) is 27.1. The van der Waals surface area contributed by atoms with Gasteiger partial charge in [0.15, 0.2) is 23.6 Å². The van der Waals surface area contributed by atoms with E-state index in [1.54, 1.807) is 26.8 Å². The summed E-state index contributed by atoms with van der Waals surface area (Å²) in [6.45, 7) is 4.88. The molecule has 0 spiro atoms. The maximum atomic E-state index is 12.6. The summed E-state index contributed by atoms with van der Waals surface area (Å²) in [7, 11) is 1.37. The van der Waals surface area contributed by atoms with Gasteiger partial charge in [-0.2, -0.15) is 0 Å². The van der Waals surface area contributed by atoms with Crippen molar-refractivity contribution in [2.75, 3.05) is 12.4 Å². The predicted octanol–water partition coefficient (Wildman–Crippen LogP) is 1.74. The molecule has 13 nitrogen and oxygen atoms in total. The number of H-pyrrole nitrogens is 1. The molecule has 6 N–H and O–H groups in total. The first-order valence-corrected chi connectivity index (χ1v) is 11.2. The number of hydrogen-bond acceptors (Lipinski definition) is 10. The molecule has 0 bridgehead atoms. The van der Waals surface area contributed by atoms with Crippen molar-refractivity contribution in [2.24, 2.45) is 5.73 Å². The molecule has 0 saturated carbocycles. The van der Waals surface area contributed by atoms with Crippen LogP contribution in [0.4, 0.5) is 10.5 Å². The predicted molar refractivity (Wildman–Crippen MR) is 128 cm³/mol. The lowest BCUT2D eigenvalue weighted by molar-refractivity contribution is -0.304. The minimum atomic E-state index is -1.49. The van der Waals surface area contributed by atoms with Crippen LogP contribution in [-0.4, -0.2) is 64.5 Å². The fourth-order valence-corrected chi connectivity index (χ4v) is 4.33. The van der Waals surface area contributed by atoms with Gasteiger partial charge in [-0.15, -0.1) is 0 Å². The Labute approximate surface area is 210 Å². The molecular formula is C24H27N3O10. The van der Waals surface area contributed by atoms with E-state index in [4.69, 9.17) is 29.1 Å². The molecule has 37 heavy (non-hydrogen) atoms. The number of aliphatic hydroxyl groups excluding tert-OH is 1. The number of aryl methyl sites for hydroxylation is 1. The Hall–Kier alpha value is -4.07. The maximum Gasteiger partial charge on any atom is 0.404 e. The number of methoxy groups -OCH3 is 1. The lowest BCUT2D eigenvalue weighted by Crippen LogP contribution is -2.65. The first-order chi connectivity index (χ1) is 17.4. The Kier molecular flexibility index (Phi) is 6.86. The number of nitrogens with two attached hydrogens (primary N) is 1. The molecular weight excluding hydrogens is 490 g/mol. The molecule has 1 aromatic carbocycles. The fraction of sp³-hybridized carbons (Fsp3) is 0.375. The molecule has 3 aromatic rings. The second kappa shape index (κ2) is 9.76. The molecule has 1 fully saturated rings. The van der Waals surface area contributed by atoms with Gasteiger partial charge in [0, 0.05) is 18.9 Å². The molecule has 13 heteroatoms. The van der Waals surface area contributed by atoms with Gasteiger partial charge in [-0.3, -0.25) is 4.79 Å². The first-order valence-electron chi connectivity index (χ1n) is 11.2. The molecule has 0 radical (unpaired) electrons. The number of aromatic hydroxyl groups is 1. The highest BCUT2D eigenvalue weighted by Gasteiger charge is 2.53. The van der Waals surface area contributed by atoms with E-state index in [0.29, 0.717) is 5.56 Å². The van der Waals surface area contributed by atoms with Crippen LogP contribution in [0, 0.1) is 6.92 Å². The zero-order valence-electron chi connectivity index (χ0n) is 20.4. The topological polar surface area (TPSA) is 196 Å². The number of rotatable bonds is 6. The molecule has 198 valence electrons. The molecule has 4 atom stereocenters. The van der Waals surface area contributed by atoms with Crippen LogP contribution in [0.15, 0.2) is 39.7 Å². The summed E-state index contributed by atoms with van der Waals surface area (Å²) in [5.74, 6) is -0.989. The van der Waals surface area contributed by atoms with E-state index in [2.05, 4.69) is 10.3 Å². The third kappa shape index (κ3) is 4.83. The van der Waals surface area contributed by atoms with Crippen LogP contribution in [-0.2, 0) is 14.2 Å². The van der Waals surface area contributed by atoms with E-state index in [1.807, 2.05) is 0 Å². The van der Waals surface area contributed by atoms with Crippen molar-refractivity contribution in [1.29, 1.82) is 0 Å². The number of aromatic amines is 1. The Morgan fingerprint density at radius 3 is 2.59 bits per heavy atom. The number of benzene rings is 1. The normalized spacial score (nSPS) is 22.9. The summed E-state index contributed by atoms with van der Waals surface area (Å²) in [4.78, 5) is 39.1. The Bertz CT molecular complexity index is 1380. The van der Waals surface area contributed by atoms with Gasteiger partial charge in [0.25, 0.3) is 5.91 Å². The van der Waals surface area contributed by atoms with E-state index in [9.17, 15) is 24.6 Å². The summed E-state index contributed by atoms with van der Waals surface area (Å²) in [5, 5.41) is 24.1. The van der Waals surface area contributed by atoms with E-state index in [-0.39, 0.29) is 22.4 Å². The summed E-state index contributed by atoms with van der Waals surface area (Å²) in [5.41, 5.74) is 3.15. The van der Waals surface area contributed by atoms with E-state index >= 15 is 0 Å². The molecule has 0 aliphatic carbocycles.